The zero-order chi connectivity index (χ0) is 50.3. The lowest BCUT2D eigenvalue weighted by molar-refractivity contribution is -0.139. The van der Waals surface area contributed by atoms with Crippen molar-refractivity contribution in [1.29, 1.82) is 0 Å². The second kappa shape index (κ2) is 24.1. The number of carbonyl (C=O) groups is 8. The maximum atomic E-state index is 14.2. The first-order valence-electron chi connectivity index (χ1n) is 26.2. The normalized spacial score (nSPS) is 33.6. The molecule has 5 fully saturated rings. The Bertz CT molecular complexity index is 1570. The number of hydrogen-bond acceptors (Lipinski definition) is 8. The van der Waals surface area contributed by atoms with Crippen molar-refractivity contribution < 1.29 is 38.4 Å². The van der Waals surface area contributed by atoms with Crippen LogP contribution in [0.5, 0.6) is 0 Å². The van der Waals surface area contributed by atoms with Crippen LogP contribution >= 0.6 is 0 Å². The van der Waals surface area contributed by atoms with Crippen LogP contribution in [-0.2, 0) is 38.4 Å². The Kier molecular flexibility index (Phi) is 19.3. The predicted octanol–water partition coefficient (Wildman–Crippen LogP) is 4.63. The van der Waals surface area contributed by atoms with Crippen molar-refractivity contribution in [2.45, 2.75) is 206 Å². The van der Waals surface area contributed by atoms with E-state index in [9.17, 15) is 38.4 Å². The van der Waals surface area contributed by atoms with E-state index < -0.39 is 47.8 Å². The Morgan fingerprint density at radius 2 is 0.515 bits per heavy atom. The molecule has 0 unspecified atom stereocenters. The third kappa shape index (κ3) is 14.0. The Balaban J connectivity index is 1.39. The van der Waals surface area contributed by atoms with E-state index in [0.29, 0.717) is 103 Å². The molecular formula is C52H88N8O8. The van der Waals surface area contributed by atoms with Crippen LogP contribution in [0, 0.1) is 47.3 Å². The van der Waals surface area contributed by atoms with Crippen LogP contribution in [0.15, 0.2) is 0 Å². The molecule has 16 nitrogen and oxygen atoms in total. The molecule has 12 atom stereocenters. The summed E-state index contributed by atoms with van der Waals surface area (Å²) in [5.41, 5.74) is 0. The van der Waals surface area contributed by atoms with Crippen molar-refractivity contribution in [3.63, 3.8) is 0 Å². The summed E-state index contributed by atoms with van der Waals surface area (Å²) >= 11 is 0. The summed E-state index contributed by atoms with van der Waals surface area (Å²) < 4.78 is 0. The van der Waals surface area contributed by atoms with Gasteiger partial charge in [0.2, 0.25) is 47.3 Å². The summed E-state index contributed by atoms with van der Waals surface area (Å²) in [6.07, 6.45) is 8.22. The van der Waals surface area contributed by atoms with Crippen LogP contribution < -0.4 is 21.3 Å². The Morgan fingerprint density at radius 1 is 0.338 bits per heavy atom. The minimum absolute atomic E-state index is 0.117. The number of amides is 8. The molecule has 1 saturated heterocycles. The topological polar surface area (TPSA) is 198 Å². The van der Waals surface area contributed by atoms with E-state index >= 15 is 0 Å². The van der Waals surface area contributed by atoms with Gasteiger partial charge < -0.3 is 40.9 Å². The van der Waals surface area contributed by atoms with Gasteiger partial charge in [-0.2, -0.15) is 0 Å². The number of carbonyl (C=O) groups excluding carboxylic acids is 8. The monoisotopic (exact) mass is 953 g/mol. The van der Waals surface area contributed by atoms with Crippen LogP contribution in [0.1, 0.15) is 158 Å². The SMILES string of the molecule is CC(C)C[C@H]1NC(=O)[C@@H]2CC[C@@H](C2)N(C)C(=O)[C@@H](CC(C)C)NC(=O)[C@@H]2CC[C@@H](C2)N(C)C(=O)[C@@H](CC(C)C)NC(=O)[C@@H]2CC[C@@H](C2)N(C)C(=O)[C@@H](CC(C)C)NC(=O)[C@@H]2CC[C@@H](C2)N(C)C1=O. The predicted molar refractivity (Wildman–Crippen MR) is 261 cm³/mol. The van der Waals surface area contributed by atoms with Gasteiger partial charge in [-0.3, -0.25) is 38.4 Å². The van der Waals surface area contributed by atoms with Crippen LogP contribution in [0.4, 0.5) is 0 Å². The van der Waals surface area contributed by atoms with Crippen LogP contribution in [0.25, 0.3) is 0 Å². The molecule has 0 spiro atoms. The maximum absolute atomic E-state index is 14.2. The average molecular weight is 953 g/mol. The average Bonchev–Trinajstić information content (AvgIpc) is 4.12. The molecule has 4 N–H and O–H groups in total. The lowest BCUT2D eigenvalue weighted by atomic mass is 9.98. The molecule has 0 aromatic carbocycles. The van der Waals surface area contributed by atoms with Crippen molar-refractivity contribution >= 4 is 47.3 Å². The fourth-order valence-corrected chi connectivity index (χ4v) is 11.8. The highest BCUT2D eigenvalue weighted by Crippen LogP contribution is 2.35. The maximum Gasteiger partial charge on any atom is 0.245 e. The smallest absolute Gasteiger partial charge is 0.245 e. The van der Waals surface area contributed by atoms with Gasteiger partial charge in [-0.1, -0.05) is 55.4 Å². The number of nitrogens with zero attached hydrogens (tertiary/aromatic N) is 4. The Morgan fingerprint density at radius 3 is 0.676 bits per heavy atom. The fourth-order valence-electron chi connectivity index (χ4n) is 11.8. The van der Waals surface area contributed by atoms with E-state index in [0.717, 1.165) is 0 Å². The highest BCUT2D eigenvalue weighted by atomic mass is 16.2. The molecule has 0 radical (unpaired) electrons. The van der Waals surface area contributed by atoms with Gasteiger partial charge >= 0.3 is 0 Å². The highest BCUT2D eigenvalue weighted by Gasteiger charge is 2.43. The first kappa shape index (κ1) is 54.7. The van der Waals surface area contributed by atoms with Gasteiger partial charge in [0.25, 0.3) is 0 Å². The zero-order valence-electron chi connectivity index (χ0n) is 43.6. The van der Waals surface area contributed by atoms with E-state index in [1.54, 1.807) is 47.8 Å². The standard InChI is InChI=1S/C52H88N8O8/c1-29(2)21-41-49(65)57(9)37-17-14-34(26-37)46(62)54-43(23-31(5)6)51(67)59(11)39-19-16-36(28-39)48(64)56-44(24-32(7)8)52(68)60(12)40-20-15-35(27-40)47(63)55-42(22-30(3)4)50(66)58(10)38-18-13-33(25-38)45(61)53-41/h29-44H,13-28H2,1-12H3,(H,53,61)(H,54,62)(H,55,63)(H,56,64)/t33-,34-,35-,36-,37+,38+,39+,40+,41-,42-,43-,44-/m1/s1. The van der Waals surface area contributed by atoms with Crippen LogP contribution in [-0.4, -0.2) is 143 Å². The van der Waals surface area contributed by atoms with Crippen LogP contribution in [0.2, 0.25) is 0 Å². The minimum atomic E-state index is -0.752. The van der Waals surface area contributed by atoms with Crippen LogP contribution in [0.3, 0.4) is 0 Å². The molecule has 8 bridgehead atoms. The van der Waals surface area contributed by atoms with Gasteiger partial charge in [0.1, 0.15) is 24.2 Å². The third-order valence-electron chi connectivity index (χ3n) is 16.0. The number of hydrogen-bond donors (Lipinski definition) is 4. The first-order valence-corrected chi connectivity index (χ1v) is 26.2. The zero-order valence-corrected chi connectivity index (χ0v) is 43.6. The van der Waals surface area contributed by atoms with Gasteiger partial charge in [0.05, 0.1) is 0 Å². The van der Waals surface area contributed by atoms with Crippen molar-refractivity contribution in [3.05, 3.63) is 0 Å². The molecule has 1 aliphatic heterocycles. The quantitative estimate of drug-likeness (QED) is 0.270. The number of fused-ring (bicyclic) bond motifs is 8. The summed E-state index contributed by atoms with van der Waals surface area (Å²) in [4.78, 5) is 120. The molecule has 4 saturated carbocycles. The van der Waals surface area contributed by atoms with Gasteiger partial charge in [-0.15, -0.1) is 0 Å². The van der Waals surface area contributed by atoms with Gasteiger partial charge in [-0.25, -0.2) is 0 Å². The van der Waals surface area contributed by atoms with Gasteiger partial charge in [0.15, 0.2) is 0 Å². The molecule has 68 heavy (non-hydrogen) atoms. The fraction of sp³-hybridized carbons (Fsp3) is 0.846. The lowest BCUT2D eigenvalue weighted by Gasteiger charge is -2.32. The highest BCUT2D eigenvalue weighted by molar-refractivity contribution is 5.92. The van der Waals surface area contributed by atoms with E-state index in [4.69, 9.17) is 0 Å². The number of nitrogens with one attached hydrogen (secondary N) is 4. The number of rotatable bonds is 8. The molecule has 5 aliphatic rings. The third-order valence-corrected chi connectivity index (χ3v) is 16.0. The minimum Gasteiger partial charge on any atom is -0.344 e. The molecule has 16 heteroatoms. The lowest BCUT2D eigenvalue weighted by Crippen LogP contribution is -2.53. The van der Waals surface area contributed by atoms with Crippen molar-refractivity contribution in [2.24, 2.45) is 47.3 Å². The molecular weight excluding hydrogens is 865 g/mol. The molecule has 5 rings (SSSR count). The first-order chi connectivity index (χ1) is 31.9. The molecule has 0 aromatic rings. The summed E-state index contributed by atoms with van der Waals surface area (Å²) in [6.45, 7) is 16.1. The summed E-state index contributed by atoms with van der Waals surface area (Å²) in [6, 6.07) is -3.89. The molecule has 4 aliphatic carbocycles. The summed E-state index contributed by atoms with van der Waals surface area (Å²) in [7, 11) is 6.99. The molecule has 0 aromatic heterocycles. The second-order valence-corrected chi connectivity index (χ2v) is 23.2. The largest absolute Gasteiger partial charge is 0.344 e. The van der Waals surface area contributed by atoms with Crippen molar-refractivity contribution in [1.82, 2.24) is 40.9 Å². The van der Waals surface area contributed by atoms with Crippen molar-refractivity contribution in [2.75, 3.05) is 28.2 Å². The van der Waals surface area contributed by atoms with Crippen molar-refractivity contribution in [3.8, 4) is 0 Å². The Hall–Kier alpha value is -4.24. The molecule has 384 valence electrons. The second-order valence-electron chi connectivity index (χ2n) is 23.2. The van der Waals surface area contributed by atoms with E-state index in [-0.39, 0.29) is 95.1 Å². The molecule has 8 amide bonds. The summed E-state index contributed by atoms with van der Waals surface area (Å²) in [5, 5.41) is 12.4. The van der Waals surface area contributed by atoms with E-state index in [1.165, 1.54) is 0 Å². The number of likely N-dealkylation sites (N-methyl/N-ethyl adjacent to an activating group) is 4. The molecule has 1 heterocycles. The van der Waals surface area contributed by atoms with E-state index in [2.05, 4.69) is 21.3 Å². The van der Waals surface area contributed by atoms with E-state index in [1.807, 2.05) is 55.4 Å². The van der Waals surface area contributed by atoms with Gasteiger partial charge in [-0.05, 0) is 126 Å². The summed E-state index contributed by atoms with van der Waals surface area (Å²) in [5.74, 6) is -2.73. The Labute approximate surface area is 407 Å². The van der Waals surface area contributed by atoms with Gasteiger partial charge in [0, 0.05) is 76.0 Å².